The molecule has 0 N–H and O–H groups in total. The maximum atomic E-state index is 11.1. The Balaban J connectivity index is 4.54. The largest absolute Gasteiger partial charge is 0.463 e. The van der Waals surface area contributed by atoms with Gasteiger partial charge in [-0.1, -0.05) is 18.2 Å². The van der Waals surface area contributed by atoms with Gasteiger partial charge in [-0.3, -0.25) is 0 Å². The van der Waals surface area contributed by atoms with Gasteiger partial charge in [-0.15, -0.1) is 0 Å². The molecule has 0 saturated heterocycles. The molecule has 17 heavy (non-hydrogen) atoms. The predicted octanol–water partition coefficient (Wildman–Crippen LogP) is 1.68. The summed E-state index contributed by atoms with van der Waals surface area (Å²) in [7, 11) is -2.19. The quantitative estimate of drug-likeness (QED) is 0.325. The van der Waals surface area contributed by atoms with Gasteiger partial charge in [0.25, 0.3) is 0 Å². The summed E-state index contributed by atoms with van der Waals surface area (Å²) < 4.78 is 25.4. The van der Waals surface area contributed by atoms with E-state index in [0.29, 0.717) is 12.2 Å². The second-order valence-corrected chi connectivity index (χ2v) is 4.05. The lowest BCUT2D eigenvalue weighted by atomic mass is 10.2. The fourth-order valence-electron chi connectivity index (χ4n) is 0.961. The Morgan fingerprint density at radius 1 is 1.24 bits per heavy atom. The number of hydrogen-bond acceptors (Lipinski definition) is 4. The second-order valence-electron chi connectivity index (χ2n) is 3.29. The van der Waals surface area contributed by atoms with Crippen LogP contribution in [0.3, 0.4) is 0 Å². The van der Waals surface area contributed by atoms with Crippen LogP contribution >= 0.6 is 0 Å². The van der Waals surface area contributed by atoms with Gasteiger partial charge in [0.05, 0.1) is 12.0 Å². The van der Waals surface area contributed by atoms with Crippen molar-refractivity contribution < 1.29 is 17.9 Å². The number of esters is 1. The Kier molecular flexibility index (Phi) is 7.71. The van der Waals surface area contributed by atoms with Gasteiger partial charge in [0.15, 0.2) is 0 Å². The number of carbonyl (C=O) groups is 1. The highest BCUT2D eigenvalue weighted by molar-refractivity contribution is 7.71. The van der Waals surface area contributed by atoms with E-state index in [1.165, 1.54) is 6.08 Å². The van der Waals surface area contributed by atoms with Crippen LogP contribution in [-0.4, -0.2) is 26.4 Å². The van der Waals surface area contributed by atoms with E-state index in [1.54, 1.807) is 39.0 Å². The van der Waals surface area contributed by atoms with Crippen molar-refractivity contribution in [2.45, 2.75) is 20.8 Å². The van der Waals surface area contributed by atoms with Crippen LogP contribution in [-0.2, 0) is 19.8 Å². The fraction of sp³-hybridized carbons (Fsp3) is 0.333. The molecule has 0 radical (unpaired) electrons. The van der Waals surface area contributed by atoms with E-state index in [1.807, 2.05) is 0 Å². The van der Waals surface area contributed by atoms with Crippen LogP contribution in [0.15, 0.2) is 35.5 Å². The summed E-state index contributed by atoms with van der Waals surface area (Å²) in [6.07, 6.45) is 6.38. The Bertz CT molecular complexity index is 471. The van der Waals surface area contributed by atoms with E-state index in [9.17, 15) is 13.2 Å². The van der Waals surface area contributed by atoms with Gasteiger partial charge in [0.1, 0.15) is 0 Å². The van der Waals surface area contributed by atoms with E-state index in [-0.39, 0.29) is 5.97 Å². The van der Waals surface area contributed by atoms with Crippen molar-refractivity contribution >= 4 is 21.6 Å². The van der Waals surface area contributed by atoms with Crippen LogP contribution < -0.4 is 0 Å². The minimum atomic E-state index is -2.19. The highest BCUT2D eigenvalue weighted by Gasteiger charge is 1.94. The Morgan fingerprint density at radius 2 is 1.88 bits per heavy atom. The van der Waals surface area contributed by atoms with Crippen LogP contribution in [0.5, 0.6) is 0 Å². The van der Waals surface area contributed by atoms with E-state index in [2.05, 4.69) is 0 Å². The molecule has 0 aliphatic rings. The minimum absolute atomic E-state index is 0.343. The average Bonchev–Trinajstić information content (AvgIpc) is 2.16. The number of carbonyl (C=O) groups excluding carboxylic acids is 1. The molecule has 0 aromatic rings. The van der Waals surface area contributed by atoms with Crippen LogP contribution in [0.25, 0.3) is 0 Å². The maximum Gasteiger partial charge on any atom is 0.330 e. The molecule has 0 aliphatic heterocycles. The molecule has 0 unspecified atom stereocenters. The minimum Gasteiger partial charge on any atom is -0.463 e. The molecule has 0 bridgehead atoms. The third kappa shape index (κ3) is 9.32. The number of allylic oxidation sites excluding steroid dienone is 5. The molecule has 0 spiro atoms. The Labute approximate surface area is 103 Å². The SMILES string of the molecule is CCOC(=O)C=C(C)C=CC=C(C)C=S(=O)=O. The standard InChI is InChI=1S/C12H16O4S/c1-4-16-12(13)8-10(2)6-5-7-11(3)9-17(14)15/h5-9H,4H2,1-3H3. The zero-order valence-corrected chi connectivity index (χ0v) is 11.0. The zero-order chi connectivity index (χ0) is 13.3. The molecule has 0 aromatic heterocycles. The van der Waals surface area contributed by atoms with E-state index < -0.39 is 10.3 Å². The van der Waals surface area contributed by atoms with Gasteiger partial charge < -0.3 is 4.74 Å². The highest BCUT2D eigenvalue weighted by Crippen LogP contribution is 1.98. The third-order valence-corrected chi connectivity index (χ3v) is 2.20. The molecule has 5 heteroatoms. The first-order chi connectivity index (χ1) is 7.95. The van der Waals surface area contributed by atoms with Crippen molar-refractivity contribution in [2.75, 3.05) is 6.61 Å². The average molecular weight is 256 g/mol. The zero-order valence-electron chi connectivity index (χ0n) is 10.1. The number of ether oxygens (including phenoxy) is 1. The summed E-state index contributed by atoms with van der Waals surface area (Å²) >= 11 is 0. The summed E-state index contributed by atoms with van der Waals surface area (Å²) in [5.74, 6) is -0.387. The first-order valence-electron chi connectivity index (χ1n) is 5.08. The smallest absolute Gasteiger partial charge is 0.330 e. The molecule has 0 fully saturated rings. The van der Waals surface area contributed by atoms with Crippen molar-refractivity contribution in [3.05, 3.63) is 35.5 Å². The summed E-state index contributed by atoms with van der Waals surface area (Å²) in [5, 5.41) is 1.11. The molecule has 0 rings (SSSR count). The normalized spacial score (nSPS) is 12.6. The Morgan fingerprint density at radius 3 is 2.41 bits per heavy atom. The fourth-order valence-corrected chi connectivity index (χ4v) is 1.34. The summed E-state index contributed by atoms with van der Waals surface area (Å²) in [6, 6.07) is 0. The Hall–Kier alpha value is -1.62. The summed E-state index contributed by atoms with van der Waals surface area (Å²) in [5.41, 5.74) is 1.34. The maximum absolute atomic E-state index is 11.1. The molecule has 4 nitrogen and oxygen atoms in total. The number of hydrogen-bond donors (Lipinski definition) is 0. The van der Waals surface area contributed by atoms with Crippen LogP contribution in [0.1, 0.15) is 20.8 Å². The molecule has 0 aromatic carbocycles. The van der Waals surface area contributed by atoms with Crippen molar-refractivity contribution in [3.8, 4) is 0 Å². The van der Waals surface area contributed by atoms with Crippen LogP contribution in [0.2, 0.25) is 0 Å². The van der Waals surface area contributed by atoms with E-state index in [4.69, 9.17) is 4.74 Å². The van der Waals surface area contributed by atoms with Crippen molar-refractivity contribution in [3.63, 3.8) is 0 Å². The lowest BCUT2D eigenvalue weighted by Crippen LogP contribution is -1.99. The second kappa shape index (κ2) is 8.52. The first-order valence-corrected chi connectivity index (χ1v) is 6.22. The number of rotatable bonds is 5. The first kappa shape index (κ1) is 15.4. The molecule has 0 saturated carbocycles. The molecule has 0 atom stereocenters. The third-order valence-electron chi connectivity index (χ3n) is 1.63. The van der Waals surface area contributed by atoms with Gasteiger partial charge in [-0.05, 0) is 31.9 Å². The molecule has 94 valence electrons. The van der Waals surface area contributed by atoms with Crippen LogP contribution in [0.4, 0.5) is 0 Å². The van der Waals surface area contributed by atoms with Gasteiger partial charge in [0.2, 0.25) is 10.3 Å². The monoisotopic (exact) mass is 256 g/mol. The molecular weight excluding hydrogens is 240 g/mol. The van der Waals surface area contributed by atoms with Crippen molar-refractivity contribution in [1.29, 1.82) is 0 Å². The van der Waals surface area contributed by atoms with Crippen LogP contribution in [0, 0.1) is 0 Å². The lowest BCUT2D eigenvalue weighted by molar-refractivity contribution is -0.137. The van der Waals surface area contributed by atoms with Gasteiger partial charge in [-0.2, -0.15) is 8.42 Å². The van der Waals surface area contributed by atoms with Gasteiger partial charge in [0, 0.05) is 6.08 Å². The van der Waals surface area contributed by atoms with Gasteiger partial charge >= 0.3 is 5.97 Å². The predicted molar refractivity (Wildman–Crippen MR) is 68.3 cm³/mol. The van der Waals surface area contributed by atoms with E-state index in [0.717, 1.165) is 10.9 Å². The molecule has 0 amide bonds. The topological polar surface area (TPSA) is 60.4 Å². The van der Waals surface area contributed by atoms with E-state index >= 15 is 0 Å². The molecule has 0 heterocycles. The molecule has 0 aliphatic carbocycles. The van der Waals surface area contributed by atoms with Crippen molar-refractivity contribution in [1.82, 2.24) is 0 Å². The van der Waals surface area contributed by atoms with Gasteiger partial charge in [-0.25, -0.2) is 4.79 Å². The summed E-state index contributed by atoms with van der Waals surface area (Å²) in [6.45, 7) is 5.51. The summed E-state index contributed by atoms with van der Waals surface area (Å²) in [4.78, 5) is 11.1. The molecular formula is C12H16O4S. The highest BCUT2D eigenvalue weighted by atomic mass is 32.2. The van der Waals surface area contributed by atoms with Crippen molar-refractivity contribution in [2.24, 2.45) is 0 Å². The lowest BCUT2D eigenvalue weighted by Gasteiger charge is -1.95.